The van der Waals surface area contributed by atoms with Crippen molar-refractivity contribution in [1.29, 1.82) is 0 Å². The van der Waals surface area contributed by atoms with E-state index in [2.05, 4.69) is 0 Å². The third-order valence-corrected chi connectivity index (χ3v) is 2.10. The van der Waals surface area contributed by atoms with Crippen LogP contribution in [0.25, 0.3) is 0 Å². The molecule has 0 amide bonds. The average Bonchev–Trinajstić information content (AvgIpc) is 2.58. The Morgan fingerprint density at radius 1 is 1.83 bits per heavy atom. The first-order valence-electron chi connectivity index (χ1n) is 4.36. The molecule has 3 heteroatoms. The molecular weight excluding hydrogens is 154 g/mol. The van der Waals surface area contributed by atoms with Crippen molar-refractivity contribution in [1.82, 2.24) is 0 Å². The molecule has 1 unspecified atom stereocenters. The lowest BCUT2D eigenvalue weighted by molar-refractivity contribution is -0.122. The largest absolute Gasteiger partial charge is 0.490 e. The van der Waals surface area contributed by atoms with Gasteiger partial charge in [-0.1, -0.05) is 6.92 Å². The van der Waals surface area contributed by atoms with E-state index in [1.54, 1.807) is 0 Å². The number of nitrogens with two attached hydrogens (primary N) is 1. The maximum absolute atomic E-state index is 11.5. The lowest BCUT2D eigenvalue weighted by Gasteiger charge is -2.10. The van der Waals surface area contributed by atoms with Gasteiger partial charge in [-0.05, 0) is 12.5 Å². The fourth-order valence-electron chi connectivity index (χ4n) is 1.25. The Morgan fingerprint density at radius 2 is 2.58 bits per heavy atom. The molecule has 0 aromatic carbocycles. The second-order valence-corrected chi connectivity index (χ2v) is 2.91. The highest BCUT2D eigenvalue weighted by Crippen LogP contribution is 2.16. The zero-order valence-electron chi connectivity index (χ0n) is 7.38. The molecule has 0 saturated carbocycles. The molecule has 2 N–H and O–H groups in total. The van der Waals surface area contributed by atoms with Crippen LogP contribution in [0.3, 0.4) is 0 Å². The van der Waals surface area contributed by atoms with Gasteiger partial charge < -0.3 is 10.5 Å². The molecule has 0 aromatic rings. The van der Waals surface area contributed by atoms with Crippen molar-refractivity contribution in [3.8, 4) is 0 Å². The topological polar surface area (TPSA) is 52.3 Å². The Bertz CT molecular complexity index is 195. The Morgan fingerprint density at radius 3 is 3.00 bits per heavy atom. The van der Waals surface area contributed by atoms with Crippen molar-refractivity contribution in [2.75, 3.05) is 13.2 Å². The molecule has 68 valence electrons. The summed E-state index contributed by atoms with van der Waals surface area (Å²) in [5, 5.41) is 0. The molecule has 0 aromatic heterocycles. The first-order chi connectivity index (χ1) is 5.79. The van der Waals surface area contributed by atoms with Crippen LogP contribution in [0.4, 0.5) is 0 Å². The van der Waals surface area contributed by atoms with Crippen molar-refractivity contribution in [2.24, 2.45) is 11.7 Å². The Hall–Kier alpha value is -0.830. The van der Waals surface area contributed by atoms with Crippen LogP contribution in [0.1, 0.15) is 19.8 Å². The Balaban J connectivity index is 2.55. The van der Waals surface area contributed by atoms with E-state index in [1.807, 2.05) is 13.0 Å². The summed E-state index contributed by atoms with van der Waals surface area (Å²) in [6.45, 7) is 3.02. The van der Waals surface area contributed by atoms with Crippen molar-refractivity contribution in [2.45, 2.75) is 19.8 Å². The monoisotopic (exact) mass is 169 g/mol. The predicted molar refractivity (Wildman–Crippen MR) is 46.5 cm³/mol. The standard InChI is InChI=1S/C9H15NO2/c1-2-7(6-10)9(11)8-4-3-5-12-8/h4,7H,2-3,5-6,10H2,1H3. The van der Waals surface area contributed by atoms with Gasteiger partial charge in [0.1, 0.15) is 0 Å². The molecular formula is C9H15NO2. The van der Waals surface area contributed by atoms with Gasteiger partial charge in [-0.15, -0.1) is 0 Å². The van der Waals surface area contributed by atoms with Crippen LogP contribution in [0.15, 0.2) is 11.8 Å². The Labute approximate surface area is 72.6 Å². The van der Waals surface area contributed by atoms with E-state index in [4.69, 9.17) is 10.5 Å². The molecule has 1 atom stereocenters. The van der Waals surface area contributed by atoms with E-state index >= 15 is 0 Å². The molecule has 1 rings (SSSR count). The minimum Gasteiger partial charge on any atom is -0.490 e. The summed E-state index contributed by atoms with van der Waals surface area (Å²) in [4.78, 5) is 11.5. The molecule has 0 fully saturated rings. The van der Waals surface area contributed by atoms with Crippen molar-refractivity contribution >= 4 is 5.78 Å². The number of Topliss-reactive ketones (excluding diaryl/α,β-unsaturated/α-hetero) is 1. The lowest BCUT2D eigenvalue weighted by atomic mass is 10.00. The van der Waals surface area contributed by atoms with E-state index in [1.165, 1.54) is 0 Å². The minimum atomic E-state index is -0.0608. The van der Waals surface area contributed by atoms with Gasteiger partial charge in [0.25, 0.3) is 0 Å². The molecule has 1 heterocycles. The molecule has 0 aliphatic carbocycles. The van der Waals surface area contributed by atoms with Crippen LogP contribution in [0.2, 0.25) is 0 Å². The number of hydrogen-bond donors (Lipinski definition) is 1. The van der Waals surface area contributed by atoms with Crippen LogP contribution < -0.4 is 5.73 Å². The quantitative estimate of drug-likeness (QED) is 0.678. The maximum Gasteiger partial charge on any atom is 0.201 e. The number of rotatable bonds is 4. The van der Waals surface area contributed by atoms with Gasteiger partial charge in [0.2, 0.25) is 5.78 Å². The van der Waals surface area contributed by atoms with Crippen LogP contribution in [-0.4, -0.2) is 18.9 Å². The highest BCUT2D eigenvalue weighted by atomic mass is 16.5. The molecule has 0 spiro atoms. The summed E-state index contributed by atoms with van der Waals surface area (Å²) in [6.07, 6.45) is 3.48. The van der Waals surface area contributed by atoms with Crippen LogP contribution >= 0.6 is 0 Å². The zero-order valence-corrected chi connectivity index (χ0v) is 7.38. The Kier molecular flexibility index (Phi) is 3.29. The van der Waals surface area contributed by atoms with Crippen LogP contribution in [-0.2, 0) is 9.53 Å². The summed E-state index contributed by atoms with van der Waals surface area (Å²) in [7, 11) is 0. The SMILES string of the molecule is CCC(CN)C(=O)C1=CCCO1. The third kappa shape index (κ3) is 1.85. The summed E-state index contributed by atoms with van der Waals surface area (Å²) >= 11 is 0. The average molecular weight is 169 g/mol. The van der Waals surface area contributed by atoms with Crippen molar-refractivity contribution in [3.05, 3.63) is 11.8 Å². The number of carbonyl (C=O) groups excluding carboxylic acids is 1. The normalized spacial score (nSPS) is 18.3. The van der Waals surface area contributed by atoms with Gasteiger partial charge in [0.15, 0.2) is 5.76 Å². The number of allylic oxidation sites excluding steroid dienone is 1. The third-order valence-electron chi connectivity index (χ3n) is 2.10. The summed E-state index contributed by atoms with van der Waals surface area (Å²) in [5.41, 5.74) is 5.45. The van der Waals surface area contributed by atoms with Gasteiger partial charge in [-0.2, -0.15) is 0 Å². The van der Waals surface area contributed by atoms with E-state index in [9.17, 15) is 4.79 Å². The smallest absolute Gasteiger partial charge is 0.201 e. The van der Waals surface area contributed by atoms with Crippen molar-refractivity contribution < 1.29 is 9.53 Å². The lowest BCUT2D eigenvalue weighted by Crippen LogP contribution is -2.24. The second kappa shape index (κ2) is 4.26. The van der Waals surface area contributed by atoms with Crippen LogP contribution in [0.5, 0.6) is 0 Å². The second-order valence-electron chi connectivity index (χ2n) is 2.91. The summed E-state index contributed by atoms with van der Waals surface area (Å²) in [5.74, 6) is 0.527. The maximum atomic E-state index is 11.5. The fraction of sp³-hybridized carbons (Fsp3) is 0.667. The van der Waals surface area contributed by atoms with E-state index < -0.39 is 0 Å². The number of ketones is 1. The van der Waals surface area contributed by atoms with Crippen LogP contribution in [0, 0.1) is 5.92 Å². The number of ether oxygens (including phenoxy) is 1. The first-order valence-corrected chi connectivity index (χ1v) is 4.36. The van der Waals surface area contributed by atoms with E-state index in [-0.39, 0.29) is 11.7 Å². The van der Waals surface area contributed by atoms with Gasteiger partial charge in [-0.3, -0.25) is 4.79 Å². The number of hydrogen-bond acceptors (Lipinski definition) is 3. The van der Waals surface area contributed by atoms with Crippen molar-refractivity contribution in [3.63, 3.8) is 0 Å². The first kappa shape index (κ1) is 9.26. The number of carbonyl (C=O) groups is 1. The molecule has 0 bridgehead atoms. The molecule has 12 heavy (non-hydrogen) atoms. The minimum absolute atomic E-state index is 0.0608. The summed E-state index contributed by atoms with van der Waals surface area (Å²) in [6, 6.07) is 0. The van der Waals surface area contributed by atoms with E-state index in [0.29, 0.717) is 18.9 Å². The fourth-order valence-corrected chi connectivity index (χ4v) is 1.25. The van der Waals surface area contributed by atoms with Gasteiger partial charge >= 0.3 is 0 Å². The zero-order chi connectivity index (χ0) is 8.97. The highest BCUT2D eigenvalue weighted by Gasteiger charge is 2.22. The molecule has 0 saturated heterocycles. The molecule has 1 aliphatic heterocycles. The predicted octanol–water partition coefficient (Wildman–Crippen LogP) is 0.845. The van der Waals surface area contributed by atoms with Gasteiger partial charge in [0.05, 0.1) is 6.61 Å². The van der Waals surface area contributed by atoms with E-state index in [0.717, 1.165) is 12.8 Å². The molecule has 3 nitrogen and oxygen atoms in total. The molecule has 0 radical (unpaired) electrons. The summed E-state index contributed by atoms with van der Waals surface area (Å²) < 4.78 is 5.16. The van der Waals surface area contributed by atoms with Gasteiger partial charge in [-0.25, -0.2) is 0 Å². The van der Waals surface area contributed by atoms with Gasteiger partial charge in [0, 0.05) is 18.9 Å². The molecule has 1 aliphatic rings. The highest BCUT2D eigenvalue weighted by molar-refractivity contribution is 5.95.